The maximum atomic E-state index is 13.1. The van der Waals surface area contributed by atoms with Gasteiger partial charge in [0.2, 0.25) is 0 Å². The number of ketones is 1. The van der Waals surface area contributed by atoms with E-state index < -0.39 is 5.41 Å². The Kier molecular flexibility index (Phi) is 7.00. The number of carbonyl (C=O) groups is 2. The van der Waals surface area contributed by atoms with E-state index >= 15 is 0 Å². The molecule has 0 saturated heterocycles. The van der Waals surface area contributed by atoms with Gasteiger partial charge in [0.25, 0.3) is 0 Å². The van der Waals surface area contributed by atoms with Gasteiger partial charge in [0.05, 0.1) is 17.6 Å². The van der Waals surface area contributed by atoms with Gasteiger partial charge in [-0.3, -0.25) is 9.69 Å². The van der Waals surface area contributed by atoms with Crippen molar-refractivity contribution in [3.05, 3.63) is 60.9 Å². The first-order chi connectivity index (χ1) is 16.8. The van der Waals surface area contributed by atoms with Crippen molar-refractivity contribution in [2.24, 2.45) is 5.41 Å². The van der Waals surface area contributed by atoms with Crippen molar-refractivity contribution < 1.29 is 19.1 Å². The van der Waals surface area contributed by atoms with E-state index in [0.29, 0.717) is 18.0 Å². The van der Waals surface area contributed by atoms with E-state index in [2.05, 4.69) is 15.3 Å². The molecule has 2 amide bonds. The summed E-state index contributed by atoms with van der Waals surface area (Å²) in [7, 11) is 0. The van der Waals surface area contributed by atoms with Gasteiger partial charge in [-0.2, -0.15) is 0 Å². The number of nitrogens with zero attached hydrogens (tertiary/aromatic N) is 3. The quantitative estimate of drug-likeness (QED) is 0.496. The molecule has 0 saturated carbocycles. The molecule has 8 nitrogen and oxygen atoms in total. The summed E-state index contributed by atoms with van der Waals surface area (Å²) < 4.78 is 11.8. The van der Waals surface area contributed by atoms with Crippen molar-refractivity contribution in [1.82, 2.24) is 9.97 Å². The fraction of sp³-hybridized carbons (Fsp3) is 0.333. The highest BCUT2D eigenvalue weighted by atomic mass is 16.5. The largest absolute Gasteiger partial charge is 0.486 e. The fourth-order valence-electron chi connectivity index (χ4n) is 3.53. The number of anilines is 2. The molecular formula is C27H30N4O4. The minimum absolute atomic E-state index is 0.0417. The first-order valence-corrected chi connectivity index (χ1v) is 11.7. The molecule has 0 bridgehead atoms. The SMILES string of the molecule is CCC1CN(C(=O)Nc2ccccc2)c2ccc(-c3cnc(OCC(C)(C)C(C)=O)nc3)cc2O1. The lowest BCUT2D eigenvalue weighted by Crippen LogP contribution is -2.45. The summed E-state index contributed by atoms with van der Waals surface area (Å²) in [6.45, 7) is 7.89. The first kappa shape index (κ1) is 24.2. The average Bonchev–Trinajstić information content (AvgIpc) is 2.87. The van der Waals surface area contributed by atoms with Crippen molar-refractivity contribution >= 4 is 23.2 Å². The summed E-state index contributed by atoms with van der Waals surface area (Å²) in [5, 5.41) is 2.96. The van der Waals surface area contributed by atoms with E-state index in [9.17, 15) is 9.59 Å². The number of benzene rings is 2. The molecule has 1 N–H and O–H groups in total. The van der Waals surface area contributed by atoms with Gasteiger partial charge >= 0.3 is 12.0 Å². The van der Waals surface area contributed by atoms with Crippen LogP contribution in [0.25, 0.3) is 11.1 Å². The Morgan fingerprint density at radius 1 is 1.11 bits per heavy atom. The van der Waals surface area contributed by atoms with E-state index in [-0.39, 0.29) is 30.5 Å². The van der Waals surface area contributed by atoms with Crippen LogP contribution in [0, 0.1) is 5.41 Å². The third-order valence-corrected chi connectivity index (χ3v) is 6.13. The number of hydrogen-bond donors (Lipinski definition) is 1. The van der Waals surface area contributed by atoms with Gasteiger partial charge in [-0.15, -0.1) is 0 Å². The normalized spacial score (nSPS) is 15.1. The van der Waals surface area contributed by atoms with Gasteiger partial charge in [-0.1, -0.05) is 31.2 Å². The zero-order valence-electron chi connectivity index (χ0n) is 20.4. The zero-order chi connectivity index (χ0) is 25.0. The third kappa shape index (κ3) is 5.59. The Labute approximate surface area is 205 Å². The predicted octanol–water partition coefficient (Wildman–Crippen LogP) is 5.35. The molecule has 0 aliphatic carbocycles. The lowest BCUT2D eigenvalue weighted by atomic mass is 9.90. The van der Waals surface area contributed by atoms with Gasteiger partial charge in [0.1, 0.15) is 24.2 Å². The zero-order valence-corrected chi connectivity index (χ0v) is 20.4. The third-order valence-electron chi connectivity index (χ3n) is 6.13. The fourth-order valence-corrected chi connectivity index (χ4v) is 3.53. The van der Waals surface area contributed by atoms with Crippen molar-refractivity contribution in [3.8, 4) is 22.9 Å². The average molecular weight is 475 g/mol. The Bertz CT molecular complexity index is 1200. The van der Waals surface area contributed by atoms with Crippen LogP contribution in [0.4, 0.5) is 16.2 Å². The molecule has 0 fully saturated rings. The minimum atomic E-state index is -0.605. The van der Waals surface area contributed by atoms with Crippen LogP contribution < -0.4 is 19.7 Å². The van der Waals surface area contributed by atoms with E-state index in [4.69, 9.17) is 9.47 Å². The van der Waals surface area contributed by atoms with Gasteiger partial charge in [0.15, 0.2) is 0 Å². The second kappa shape index (κ2) is 10.1. The molecule has 182 valence electrons. The van der Waals surface area contributed by atoms with Gasteiger partial charge in [0, 0.05) is 23.6 Å². The minimum Gasteiger partial charge on any atom is -0.486 e. The molecule has 2 heterocycles. The maximum Gasteiger partial charge on any atom is 0.326 e. The van der Waals surface area contributed by atoms with Crippen LogP contribution in [0.1, 0.15) is 34.1 Å². The van der Waals surface area contributed by atoms with Crippen LogP contribution in [0.2, 0.25) is 0 Å². The number of carbonyl (C=O) groups excluding carboxylic acids is 2. The van der Waals surface area contributed by atoms with E-state index in [0.717, 1.165) is 23.2 Å². The summed E-state index contributed by atoms with van der Waals surface area (Å²) in [5.41, 5.74) is 2.49. The lowest BCUT2D eigenvalue weighted by Gasteiger charge is -2.34. The summed E-state index contributed by atoms with van der Waals surface area (Å²) in [5.74, 6) is 0.674. The number of Topliss-reactive ketones (excluding diaryl/α,β-unsaturated/α-hetero) is 1. The molecule has 1 aliphatic rings. The molecule has 2 aromatic carbocycles. The van der Waals surface area contributed by atoms with E-state index in [1.165, 1.54) is 0 Å². The molecule has 1 aromatic heterocycles. The second-order valence-corrected chi connectivity index (χ2v) is 9.22. The number of amides is 2. The smallest absolute Gasteiger partial charge is 0.326 e. The topological polar surface area (TPSA) is 93.7 Å². The standard InChI is InChI=1S/C27H30N4O4/c1-5-22-16-31(26(33)30-21-9-7-6-8-10-21)23-12-11-19(13-24(23)35-22)20-14-28-25(29-15-20)34-17-27(3,4)18(2)32/h6-15,22H,5,16-17H2,1-4H3,(H,30,33). The van der Waals surface area contributed by atoms with Crippen LogP contribution in [-0.4, -0.2) is 41.0 Å². The van der Waals surface area contributed by atoms with E-state index in [1.54, 1.807) is 24.2 Å². The molecular weight excluding hydrogens is 444 g/mol. The van der Waals surface area contributed by atoms with Crippen molar-refractivity contribution in [2.75, 3.05) is 23.4 Å². The lowest BCUT2D eigenvalue weighted by molar-refractivity contribution is -0.126. The molecule has 1 atom stereocenters. The highest BCUT2D eigenvalue weighted by molar-refractivity contribution is 6.03. The maximum absolute atomic E-state index is 13.1. The highest BCUT2D eigenvalue weighted by Gasteiger charge is 2.29. The molecule has 8 heteroatoms. The Morgan fingerprint density at radius 2 is 1.83 bits per heavy atom. The van der Waals surface area contributed by atoms with Crippen LogP contribution >= 0.6 is 0 Å². The summed E-state index contributed by atoms with van der Waals surface area (Å²) >= 11 is 0. The number of para-hydroxylation sites is 1. The van der Waals surface area contributed by atoms with Crippen molar-refractivity contribution in [2.45, 2.75) is 40.2 Å². The van der Waals surface area contributed by atoms with E-state index in [1.807, 2.05) is 69.3 Å². The van der Waals surface area contributed by atoms with Crippen LogP contribution in [0.15, 0.2) is 60.9 Å². The molecule has 0 spiro atoms. The molecule has 1 unspecified atom stereocenters. The number of hydrogen-bond acceptors (Lipinski definition) is 6. The summed E-state index contributed by atoms with van der Waals surface area (Å²) in [6.07, 6.45) is 4.00. The number of nitrogens with one attached hydrogen (secondary N) is 1. The molecule has 4 rings (SSSR count). The Hall–Kier alpha value is -3.94. The van der Waals surface area contributed by atoms with Crippen LogP contribution in [0.5, 0.6) is 11.8 Å². The number of fused-ring (bicyclic) bond motifs is 1. The molecule has 35 heavy (non-hydrogen) atoms. The Balaban J connectivity index is 1.53. The van der Waals surface area contributed by atoms with Gasteiger partial charge in [-0.25, -0.2) is 14.8 Å². The number of aromatic nitrogens is 2. The number of ether oxygens (including phenoxy) is 2. The summed E-state index contributed by atoms with van der Waals surface area (Å²) in [4.78, 5) is 35.0. The number of rotatable bonds is 7. The van der Waals surface area contributed by atoms with Gasteiger partial charge < -0.3 is 14.8 Å². The van der Waals surface area contributed by atoms with Crippen molar-refractivity contribution in [1.29, 1.82) is 0 Å². The van der Waals surface area contributed by atoms with Gasteiger partial charge in [-0.05, 0) is 57.0 Å². The monoisotopic (exact) mass is 474 g/mol. The second-order valence-electron chi connectivity index (χ2n) is 9.22. The molecule has 3 aromatic rings. The molecule has 1 aliphatic heterocycles. The van der Waals surface area contributed by atoms with Crippen LogP contribution in [-0.2, 0) is 4.79 Å². The number of urea groups is 1. The highest BCUT2D eigenvalue weighted by Crippen LogP contribution is 2.38. The molecule has 0 radical (unpaired) electrons. The first-order valence-electron chi connectivity index (χ1n) is 11.7. The van der Waals surface area contributed by atoms with Crippen LogP contribution in [0.3, 0.4) is 0 Å². The summed E-state index contributed by atoms with van der Waals surface area (Å²) in [6, 6.07) is 15.1. The van der Waals surface area contributed by atoms with Crippen molar-refractivity contribution in [3.63, 3.8) is 0 Å². The predicted molar refractivity (Wildman–Crippen MR) is 135 cm³/mol. The Morgan fingerprint density at radius 3 is 2.49 bits per heavy atom.